The van der Waals surface area contributed by atoms with Crippen LogP contribution in [0.4, 0.5) is 0 Å². The summed E-state index contributed by atoms with van der Waals surface area (Å²) in [5.74, 6) is 1.50. The van der Waals surface area contributed by atoms with Gasteiger partial charge in [0.1, 0.15) is 5.78 Å². The van der Waals surface area contributed by atoms with Crippen LogP contribution in [0.5, 0.6) is 0 Å². The summed E-state index contributed by atoms with van der Waals surface area (Å²) in [6.07, 6.45) is 10.6. The normalized spacial score (nSPS) is 19.7. The standard InChI is InChI=1S/C33H40Br2ClN3O3/c1-21(40)4-2-3-5-29(41)38-12-8-22(9-13-38)16-30(42)39-14-10-23(11-15-39)32-31-24(18-27(36)19-28(31)35)6-7-25-17-26(34)20-37-33(25)32/h17-20,22-23,32H,2-16H2,1H3/t32-/m1/s1. The number of rotatable bonds is 8. The van der Waals surface area contributed by atoms with Crippen LogP contribution in [-0.4, -0.2) is 58.6 Å². The van der Waals surface area contributed by atoms with Gasteiger partial charge in [-0.2, -0.15) is 0 Å². The maximum absolute atomic E-state index is 13.4. The Balaban J connectivity index is 1.17. The molecular weight excluding hydrogens is 682 g/mol. The lowest BCUT2D eigenvalue weighted by molar-refractivity contribution is -0.135. The van der Waals surface area contributed by atoms with E-state index in [-0.39, 0.29) is 23.5 Å². The van der Waals surface area contributed by atoms with Crippen LogP contribution in [0.1, 0.15) is 93.0 Å². The molecule has 3 aliphatic rings. The van der Waals surface area contributed by atoms with Crippen LogP contribution in [-0.2, 0) is 27.2 Å². The molecule has 6 nitrogen and oxygen atoms in total. The third-order valence-corrected chi connectivity index (χ3v) is 10.7. The van der Waals surface area contributed by atoms with Gasteiger partial charge in [-0.05, 0) is 121 Å². The number of likely N-dealkylation sites (tertiary alicyclic amines) is 2. The highest BCUT2D eigenvalue weighted by atomic mass is 79.9. The minimum Gasteiger partial charge on any atom is -0.343 e. The molecule has 2 amide bonds. The van der Waals surface area contributed by atoms with Gasteiger partial charge in [0.05, 0.1) is 5.69 Å². The predicted molar refractivity (Wildman–Crippen MR) is 173 cm³/mol. The number of Topliss-reactive ketones (excluding diaryl/α,β-unsaturated/α-hetero) is 1. The molecule has 2 saturated heterocycles. The molecule has 0 bridgehead atoms. The molecule has 3 heterocycles. The number of pyridine rings is 1. The van der Waals surface area contributed by atoms with Gasteiger partial charge in [-0.25, -0.2) is 0 Å². The predicted octanol–water partition coefficient (Wildman–Crippen LogP) is 7.51. The molecule has 1 aromatic heterocycles. The van der Waals surface area contributed by atoms with Crippen molar-refractivity contribution in [3.05, 3.63) is 60.7 Å². The van der Waals surface area contributed by atoms with Gasteiger partial charge in [-0.15, -0.1) is 0 Å². The van der Waals surface area contributed by atoms with E-state index in [4.69, 9.17) is 16.6 Å². The van der Waals surface area contributed by atoms with Crippen molar-refractivity contribution in [2.45, 2.75) is 83.5 Å². The number of hydrogen-bond acceptors (Lipinski definition) is 4. The lowest BCUT2D eigenvalue weighted by Crippen LogP contribution is -2.43. The molecule has 0 radical (unpaired) electrons. The van der Waals surface area contributed by atoms with Crippen LogP contribution < -0.4 is 0 Å². The number of nitrogens with zero attached hydrogens (tertiary/aromatic N) is 3. The Labute approximate surface area is 271 Å². The maximum atomic E-state index is 13.4. The molecule has 2 fully saturated rings. The van der Waals surface area contributed by atoms with Crippen LogP contribution in [0.15, 0.2) is 33.3 Å². The van der Waals surface area contributed by atoms with Crippen LogP contribution in [0.2, 0.25) is 5.02 Å². The number of aromatic nitrogens is 1. The number of fused-ring (bicyclic) bond motifs is 2. The van der Waals surface area contributed by atoms with Crippen molar-refractivity contribution in [3.63, 3.8) is 0 Å². The van der Waals surface area contributed by atoms with Crippen molar-refractivity contribution in [2.24, 2.45) is 11.8 Å². The Hall–Kier alpha value is -1.77. The lowest BCUT2D eigenvalue weighted by Gasteiger charge is -2.38. The van der Waals surface area contributed by atoms with E-state index in [1.54, 1.807) is 6.92 Å². The SMILES string of the molecule is CC(=O)CCCCC(=O)N1CCC(CC(=O)N2CCC([C@H]3c4ncc(Br)cc4CCc4cc(Cl)cc(Br)c43)CC2)CC1. The van der Waals surface area contributed by atoms with Gasteiger partial charge in [-0.3, -0.25) is 14.6 Å². The van der Waals surface area contributed by atoms with Crippen LogP contribution >= 0.6 is 43.5 Å². The average molecular weight is 722 g/mol. The van der Waals surface area contributed by atoms with Crippen LogP contribution in [0, 0.1) is 11.8 Å². The summed E-state index contributed by atoms with van der Waals surface area (Å²) in [5, 5.41) is 0.750. The van der Waals surface area contributed by atoms with E-state index in [2.05, 4.69) is 48.9 Å². The second kappa shape index (κ2) is 14.3. The van der Waals surface area contributed by atoms with Crippen LogP contribution in [0.25, 0.3) is 0 Å². The summed E-state index contributed by atoms with van der Waals surface area (Å²) in [6.45, 7) is 4.59. The third kappa shape index (κ3) is 7.65. The number of hydrogen-bond donors (Lipinski definition) is 0. The minimum absolute atomic E-state index is 0.166. The first-order valence-corrected chi connectivity index (χ1v) is 17.3. The van der Waals surface area contributed by atoms with Crippen molar-refractivity contribution >= 4 is 61.1 Å². The van der Waals surface area contributed by atoms with E-state index in [0.717, 1.165) is 97.2 Å². The highest BCUT2D eigenvalue weighted by Crippen LogP contribution is 2.46. The molecule has 42 heavy (non-hydrogen) atoms. The number of carbonyl (C=O) groups is 3. The number of aryl methyl sites for hydroxylation is 2. The number of benzene rings is 1. The fourth-order valence-corrected chi connectivity index (χ4v) is 8.58. The van der Waals surface area contributed by atoms with Crippen molar-refractivity contribution in [1.82, 2.24) is 14.8 Å². The zero-order valence-corrected chi connectivity index (χ0v) is 28.3. The molecule has 0 spiro atoms. The molecule has 0 saturated carbocycles. The number of amides is 2. The Morgan fingerprint density at radius 2 is 1.52 bits per heavy atom. The fourth-order valence-electron chi connectivity index (χ4n) is 7.08. The molecule has 1 aliphatic carbocycles. The van der Waals surface area contributed by atoms with E-state index in [1.165, 1.54) is 16.7 Å². The zero-order chi connectivity index (χ0) is 29.8. The largest absolute Gasteiger partial charge is 0.343 e. The monoisotopic (exact) mass is 719 g/mol. The molecule has 2 aliphatic heterocycles. The second-order valence-corrected chi connectivity index (χ2v) is 14.5. The maximum Gasteiger partial charge on any atom is 0.222 e. The van der Waals surface area contributed by atoms with Gasteiger partial charge in [0.15, 0.2) is 0 Å². The first kappa shape index (κ1) is 31.6. The first-order valence-electron chi connectivity index (χ1n) is 15.4. The topological polar surface area (TPSA) is 70.6 Å². The van der Waals surface area contributed by atoms with Crippen molar-refractivity contribution in [2.75, 3.05) is 26.2 Å². The number of piperidine rings is 2. The number of unbranched alkanes of at least 4 members (excludes halogenated alkanes) is 1. The van der Waals surface area contributed by atoms with Gasteiger partial charge in [0, 0.05) is 71.5 Å². The average Bonchev–Trinajstić information content (AvgIpc) is 3.12. The van der Waals surface area contributed by atoms with E-state index in [9.17, 15) is 14.4 Å². The second-order valence-electron chi connectivity index (χ2n) is 12.3. The summed E-state index contributed by atoms with van der Waals surface area (Å²) in [4.78, 5) is 46.0. The van der Waals surface area contributed by atoms with Gasteiger partial charge < -0.3 is 14.6 Å². The highest BCUT2D eigenvalue weighted by molar-refractivity contribution is 9.10. The van der Waals surface area contributed by atoms with Gasteiger partial charge in [-0.1, -0.05) is 27.5 Å². The molecule has 1 atom stereocenters. The van der Waals surface area contributed by atoms with E-state index in [1.807, 2.05) is 17.2 Å². The smallest absolute Gasteiger partial charge is 0.222 e. The third-order valence-electron chi connectivity index (χ3n) is 9.38. The van der Waals surface area contributed by atoms with Crippen molar-refractivity contribution < 1.29 is 14.4 Å². The molecular formula is C33H40Br2ClN3O3. The van der Waals surface area contributed by atoms with E-state index < -0.39 is 0 Å². The molecule has 0 N–H and O–H groups in total. The quantitative estimate of drug-likeness (QED) is 0.265. The zero-order valence-electron chi connectivity index (χ0n) is 24.3. The van der Waals surface area contributed by atoms with Gasteiger partial charge in [0.25, 0.3) is 0 Å². The Bertz CT molecular complexity index is 1320. The lowest BCUT2D eigenvalue weighted by atomic mass is 9.76. The van der Waals surface area contributed by atoms with Gasteiger partial charge in [0.2, 0.25) is 11.8 Å². The van der Waals surface area contributed by atoms with Crippen molar-refractivity contribution in [3.8, 4) is 0 Å². The fraction of sp³-hybridized carbons (Fsp3) is 0.576. The Morgan fingerprint density at radius 3 is 2.24 bits per heavy atom. The molecule has 2 aromatic rings. The molecule has 0 unspecified atom stereocenters. The van der Waals surface area contributed by atoms with Crippen molar-refractivity contribution in [1.29, 1.82) is 0 Å². The molecule has 1 aromatic carbocycles. The van der Waals surface area contributed by atoms with Crippen LogP contribution in [0.3, 0.4) is 0 Å². The first-order chi connectivity index (χ1) is 20.2. The molecule has 9 heteroatoms. The summed E-state index contributed by atoms with van der Waals surface area (Å²) >= 11 is 13.9. The Kier molecular flexibility index (Phi) is 10.8. The summed E-state index contributed by atoms with van der Waals surface area (Å²) < 4.78 is 2.05. The summed E-state index contributed by atoms with van der Waals surface area (Å²) in [7, 11) is 0. The number of ketones is 1. The minimum atomic E-state index is 0.166. The number of carbonyl (C=O) groups excluding carboxylic acids is 3. The van der Waals surface area contributed by atoms with E-state index in [0.29, 0.717) is 31.1 Å². The number of halogens is 3. The molecule has 5 rings (SSSR count). The Morgan fingerprint density at radius 1 is 0.881 bits per heavy atom. The van der Waals surface area contributed by atoms with E-state index >= 15 is 0 Å². The van der Waals surface area contributed by atoms with Gasteiger partial charge >= 0.3 is 0 Å². The molecule has 226 valence electrons. The summed E-state index contributed by atoms with van der Waals surface area (Å²) in [6, 6.07) is 6.33. The summed E-state index contributed by atoms with van der Waals surface area (Å²) in [5.41, 5.74) is 5.03. The highest BCUT2D eigenvalue weighted by Gasteiger charge is 2.37.